The fraction of sp³-hybridized carbons (Fsp3) is 0.625. The van der Waals surface area contributed by atoms with Crippen LogP contribution in [0.25, 0.3) is 0 Å². The Bertz CT molecular complexity index is 693. The summed E-state index contributed by atoms with van der Waals surface area (Å²) in [6.45, 7) is 0. The molecule has 4 unspecified atom stereocenters. The maximum atomic E-state index is 12.6. The first kappa shape index (κ1) is 28.5. The summed E-state index contributed by atoms with van der Waals surface area (Å²) in [4.78, 5) is 70.4. The molecule has 0 aromatic rings. The van der Waals surface area contributed by atoms with Crippen LogP contribution in [0.3, 0.4) is 0 Å². The predicted octanol–water partition coefficient (Wildman–Crippen LogP) is -3.11. The summed E-state index contributed by atoms with van der Waals surface area (Å²) >= 11 is 5.20. The van der Waals surface area contributed by atoms with Crippen molar-refractivity contribution in [2.24, 2.45) is 11.5 Å². The maximum Gasteiger partial charge on any atom is 0.326 e. The quantitative estimate of drug-likeness (QED) is 0.110. The van der Waals surface area contributed by atoms with Crippen LogP contribution in [0.2, 0.25) is 0 Å². The van der Waals surface area contributed by atoms with E-state index < -0.39 is 72.6 Å². The van der Waals surface area contributed by atoms with Crippen LogP contribution in [0.15, 0.2) is 0 Å². The number of carboxylic acids is 2. The van der Waals surface area contributed by atoms with Gasteiger partial charge >= 0.3 is 11.9 Å². The normalized spacial score (nSPS) is 14.4. The lowest BCUT2D eigenvalue weighted by Crippen LogP contribution is -2.58. The zero-order chi connectivity index (χ0) is 24.1. The second-order valence-electron chi connectivity index (χ2n) is 6.36. The van der Waals surface area contributed by atoms with E-state index in [0.29, 0.717) is 5.75 Å². The van der Waals surface area contributed by atoms with E-state index in [1.165, 1.54) is 11.8 Å². The number of hydrogen-bond acceptors (Lipinski definition) is 9. The van der Waals surface area contributed by atoms with E-state index >= 15 is 0 Å². The number of rotatable bonds is 15. The molecule has 0 bridgehead atoms. The molecule has 0 aromatic carbocycles. The number of thiol groups is 1. The first-order valence-electron chi connectivity index (χ1n) is 8.92. The average Bonchev–Trinajstić information content (AvgIpc) is 2.68. The van der Waals surface area contributed by atoms with E-state index in [0.717, 1.165) is 0 Å². The van der Waals surface area contributed by atoms with E-state index in [-0.39, 0.29) is 12.2 Å². The highest BCUT2D eigenvalue weighted by Crippen LogP contribution is 2.05. The molecular formula is C16H27N5O8S2. The van der Waals surface area contributed by atoms with Crippen LogP contribution < -0.4 is 27.4 Å². The van der Waals surface area contributed by atoms with Crippen LogP contribution in [0.5, 0.6) is 0 Å². The van der Waals surface area contributed by atoms with Gasteiger partial charge in [0.1, 0.15) is 18.1 Å². The molecule has 0 rings (SSSR count). The number of hydrogen-bond donors (Lipinski definition) is 8. The second kappa shape index (κ2) is 14.5. The van der Waals surface area contributed by atoms with Crippen molar-refractivity contribution in [1.29, 1.82) is 0 Å². The molecule has 0 heterocycles. The predicted molar refractivity (Wildman–Crippen MR) is 114 cm³/mol. The lowest BCUT2D eigenvalue weighted by molar-refractivity contribution is -0.147. The Labute approximate surface area is 187 Å². The van der Waals surface area contributed by atoms with Gasteiger partial charge in [-0.25, -0.2) is 4.79 Å². The van der Waals surface area contributed by atoms with Crippen molar-refractivity contribution >= 4 is 60.0 Å². The van der Waals surface area contributed by atoms with E-state index in [1.807, 2.05) is 0 Å². The highest BCUT2D eigenvalue weighted by molar-refractivity contribution is 7.98. The summed E-state index contributed by atoms with van der Waals surface area (Å²) in [6.07, 6.45) is 0.346. The minimum absolute atomic E-state index is 0.0321. The molecule has 0 aromatic heterocycles. The number of thioether (sulfide) groups is 1. The molecule has 0 fully saturated rings. The van der Waals surface area contributed by atoms with E-state index in [4.69, 9.17) is 21.7 Å². The summed E-state index contributed by atoms with van der Waals surface area (Å²) in [6, 6.07) is -5.47. The Kier molecular flexibility index (Phi) is 13.3. The molecule has 13 nitrogen and oxygen atoms in total. The highest BCUT2D eigenvalue weighted by atomic mass is 32.2. The molecule has 4 amide bonds. The fourth-order valence-electron chi connectivity index (χ4n) is 2.20. The van der Waals surface area contributed by atoms with E-state index in [9.17, 15) is 28.8 Å². The molecule has 0 saturated heterocycles. The van der Waals surface area contributed by atoms with Gasteiger partial charge in [0, 0.05) is 5.75 Å². The standard InChI is InChI=1S/C16H27N5O8S2/c1-31-3-2-8(14(26)21-10(16(28)29)5-12(23)24)19-15(27)9(4-11(18)22)20-13(25)7(17)6-30/h7-10,30H,2-6,17H2,1H3,(H2,18,22)(H,19,27)(H,20,25)(H,21,26)(H,23,24)(H,28,29). The molecule has 0 spiro atoms. The van der Waals surface area contributed by atoms with Crippen LogP contribution in [0, 0.1) is 0 Å². The summed E-state index contributed by atoms with van der Waals surface area (Å²) in [5.41, 5.74) is 10.6. The first-order chi connectivity index (χ1) is 14.4. The molecule has 9 N–H and O–H groups in total. The number of amides is 4. The van der Waals surface area contributed by atoms with E-state index in [2.05, 4.69) is 28.6 Å². The Morgan fingerprint density at radius 2 is 1.42 bits per heavy atom. The van der Waals surface area contributed by atoms with Gasteiger partial charge in [0.15, 0.2) is 0 Å². The van der Waals surface area contributed by atoms with Crippen molar-refractivity contribution < 1.29 is 39.0 Å². The lowest BCUT2D eigenvalue weighted by Gasteiger charge is -2.24. The molecular weight excluding hydrogens is 454 g/mol. The summed E-state index contributed by atoms with van der Waals surface area (Å²) in [5, 5.41) is 24.5. The van der Waals surface area contributed by atoms with Crippen LogP contribution in [-0.4, -0.2) is 87.7 Å². The van der Waals surface area contributed by atoms with Gasteiger partial charge in [-0.2, -0.15) is 24.4 Å². The Balaban J connectivity index is 5.45. The number of aliphatic carboxylic acids is 2. The molecule has 0 aliphatic carbocycles. The first-order valence-corrected chi connectivity index (χ1v) is 10.9. The molecule has 0 aliphatic heterocycles. The molecule has 0 saturated carbocycles. The SMILES string of the molecule is CSCCC(NC(=O)C(CC(N)=O)NC(=O)C(N)CS)C(=O)NC(CC(=O)O)C(=O)O. The van der Waals surface area contributed by atoms with Gasteiger partial charge in [-0.3, -0.25) is 24.0 Å². The minimum Gasteiger partial charge on any atom is -0.481 e. The number of carbonyl (C=O) groups is 6. The smallest absolute Gasteiger partial charge is 0.326 e. The summed E-state index contributed by atoms with van der Waals surface area (Å²) < 4.78 is 0. The van der Waals surface area contributed by atoms with Crippen LogP contribution in [-0.2, 0) is 28.8 Å². The van der Waals surface area contributed by atoms with Crippen molar-refractivity contribution in [1.82, 2.24) is 16.0 Å². The topological polar surface area (TPSA) is 231 Å². The minimum atomic E-state index is -1.71. The molecule has 15 heteroatoms. The molecule has 0 aliphatic rings. The number of carboxylic acid groups (broad SMARTS) is 2. The third-order valence-electron chi connectivity index (χ3n) is 3.81. The molecule has 0 radical (unpaired) electrons. The van der Waals surface area contributed by atoms with Gasteiger partial charge in [0.05, 0.1) is 18.9 Å². The number of carbonyl (C=O) groups excluding carboxylic acids is 4. The number of nitrogens with one attached hydrogen (secondary N) is 3. The molecule has 176 valence electrons. The van der Waals surface area contributed by atoms with Gasteiger partial charge in [0.2, 0.25) is 23.6 Å². The average molecular weight is 482 g/mol. The van der Waals surface area contributed by atoms with Crippen molar-refractivity contribution in [2.45, 2.75) is 43.4 Å². The zero-order valence-electron chi connectivity index (χ0n) is 16.7. The van der Waals surface area contributed by atoms with Crippen LogP contribution >= 0.6 is 24.4 Å². The van der Waals surface area contributed by atoms with Crippen molar-refractivity contribution in [3.05, 3.63) is 0 Å². The Morgan fingerprint density at radius 1 is 0.903 bits per heavy atom. The molecule has 31 heavy (non-hydrogen) atoms. The van der Waals surface area contributed by atoms with Crippen LogP contribution in [0.4, 0.5) is 0 Å². The van der Waals surface area contributed by atoms with E-state index in [1.54, 1.807) is 6.26 Å². The van der Waals surface area contributed by atoms with Crippen molar-refractivity contribution in [3.8, 4) is 0 Å². The van der Waals surface area contributed by atoms with Gasteiger partial charge < -0.3 is 37.6 Å². The third kappa shape index (κ3) is 11.4. The zero-order valence-corrected chi connectivity index (χ0v) is 18.4. The monoisotopic (exact) mass is 481 g/mol. The second-order valence-corrected chi connectivity index (χ2v) is 7.71. The highest BCUT2D eigenvalue weighted by Gasteiger charge is 2.31. The summed E-state index contributed by atoms with van der Waals surface area (Å²) in [5.74, 6) is -6.20. The van der Waals surface area contributed by atoms with Gasteiger partial charge in [-0.05, 0) is 18.4 Å². The van der Waals surface area contributed by atoms with Gasteiger partial charge in [0.25, 0.3) is 0 Å². The molecule has 4 atom stereocenters. The number of primary amides is 1. The Morgan fingerprint density at radius 3 is 1.87 bits per heavy atom. The van der Waals surface area contributed by atoms with Gasteiger partial charge in [-0.1, -0.05) is 0 Å². The van der Waals surface area contributed by atoms with Crippen molar-refractivity contribution in [3.63, 3.8) is 0 Å². The number of nitrogens with two attached hydrogens (primary N) is 2. The third-order valence-corrected chi connectivity index (χ3v) is 4.85. The van der Waals surface area contributed by atoms with Crippen LogP contribution in [0.1, 0.15) is 19.3 Å². The lowest BCUT2D eigenvalue weighted by atomic mass is 10.1. The largest absolute Gasteiger partial charge is 0.481 e. The Hall–Kier alpha value is -2.52. The maximum absolute atomic E-state index is 12.6. The van der Waals surface area contributed by atoms with Gasteiger partial charge in [-0.15, -0.1) is 0 Å². The summed E-state index contributed by atoms with van der Waals surface area (Å²) in [7, 11) is 0. The fourth-order valence-corrected chi connectivity index (χ4v) is 2.83. The van der Waals surface area contributed by atoms with Crippen molar-refractivity contribution in [2.75, 3.05) is 17.8 Å².